The molecule has 134 valence electrons. The molecule has 1 N–H and O–H groups in total. The monoisotopic (exact) mass is 345 g/mol. The largest absolute Gasteiger partial charge is 0.472 e. The Balaban J connectivity index is 1.91. The molecule has 2 heterocycles. The third-order valence-electron chi connectivity index (χ3n) is 4.10. The molecule has 1 atom stereocenters. The van der Waals surface area contributed by atoms with E-state index in [1.807, 2.05) is 13.8 Å². The fraction of sp³-hybridized carbons (Fsp3) is 0.625. The van der Waals surface area contributed by atoms with Gasteiger partial charge in [-0.2, -0.15) is 13.2 Å². The van der Waals surface area contributed by atoms with Crippen LogP contribution in [0.25, 0.3) is 0 Å². The molecule has 24 heavy (non-hydrogen) atoms. The van der Waals surface area contributed by atoms with Crippen molar-refractivity contribution in [2.24, 2.45) is 0 Å². The number of urea groups is 1. The standard InChI is InChI=1S/C16H22F3N3O2/c1-3-12(4-2)21-15(23)22-8-6-13(10-22)24-14-9-11(5-7-20-14)16(17,18)19/h5,7,9,12-13H,3-4,6,8,10H2,1-2H3,(H,21,23). The summed E-state index contributed by atoms with van der Waals surface area (Å²) in [6.07, 6.45) is -1.45. The van der Waals surface area contributed by atoms with Gasteiger partial charge < -0.3 is 15.0 Å². The van der Waals surface area contributed by atoms with E-state index in [9.17, 15) is 18.0 Å². The highest BCUT2D eigenvalue weighted by atomic mass is 19.4. The Bertz CT molecular complexity index is 562. The number of hydrogen-bond donors (Lipinski definition) is 1. The summed E-state index contributed by atoms with van der Waals surface area (Å²) in [5, 5.41) is 2.94. The van der Waals surface area contributed by atoms with Gasteiger partial charge in [-0.05, 0) is 18.9 Å². The summed E-state index contributed by atoms with van der Waals surface area (Å²) in [5.74, 6) is -0.0722. The van der Waals surface area contributed by atoms with Gasteiger partial charge in [-0.1, -0.05) is 13.8 Å². The van der Waals surface area contributed by atoms with Crippen LogP contribution < -0.4 is 10.1 Å². The minimum absolute atomic E-state index is 0.0722. The summed E-state index contributed by atoms with van der Waals surface area (Å²) < 4.78 is 43.6. The highest BCUT2D eigenvalue weighted by molar-refractivity contribution is 5.74. The molecule has 1 fully saturated rings. The van der Waals surface area contributed by atoms with Crippen molar-refractivity contribution in [2.75, 3.05) is 13.1 Å². The number of ether oxygens (including phenoxy) is 1. The van der Waals surface area contributed by atoms with Crippen molar-refractivity contribution in [3.05, 3.63) is 23.9 Å². The van der Waals surface area contributed by atoms with Crippen molar-refractivity contribution in [3.63, 3.8) is 0 Å². The molecule has 1 aliphatic heterocycles. The highest BCUT2D eigenvalue weighted by Crippen LogP contribution is 2.31. The highest BCUT2D eigenvalue weighted by Gasteiger charge is 2.32. The van der Waals surface area contributed by atoms with E-state index >= 15 is 0 Å². The number of carbonyl (C=O) groups excluding carboxylic acids is 1. The number of alkyl halides is 3. The van der Waals surface area contributed by atoms with Crippen molar-refractivity contribution in [1.82, 2.24) is 15.2 Å². The van der Waals surface area contributed by atoms with Gasteiger partial charge in [-0.3, -0.25) is 0 Å². The van der Waals surface area contributed by atoms with Gasteiger partial charge in [-0.15, -0.1) is 0 Å². The zero-order valence-electron chi connectivity index (χ0n) is 13.8. The summed E-state index contributed by atoms with van der Waals surface area (Å²) in [6.45, 7) is 4.85. The predicted molar refractivity (Wildman–Crippen MR) is 82.7 cm³/mol. The van der Waals surface area contributed by atoms with E-state index in [2.05, 4.69) is 10.3 Å². The second-order valence-electron chi connectivity index (χ2n) is 5.82. The summed E-state index contributed by atoms with van der Waals surface area (Å²) >= 11 is 0. The molecule has 2 amide bonds. The van der Waals surface area contributed by atoms with Crippen LogP contribution in [0.1, 0.15) is 38.7 Å². The maximum Gasteiger partial charge on any atom is 0.416 e. The van der Waals surface area contributed by atoms with Gasteiger partial charge >= 0.3 is 12.2 Å². The van der Waals surface area contributed by atoms with E-state index in [1.54, 1.807) is 4.90 Å². The van der Waals surface area contributed by atoms with Crippen LogP contribution in [0, 0.1) is 0 Å². The average molecular weight is 345 g/mol. The molecule has 1 aromatic heterocycles. The molecular formula is C16H22F3N3O2. The summed E-state index contributed by atoms with van der Waals surface area (Å²) in [7, 11) is 0. The molecule has 5 nitrogen and oxygen atoms in total. The van der Waals surface area contributed by atoms with E-state index in [0.29, 0.717) is 19.5 Å². The van der Waals surface area contributed by atoms with Gasteiger partial charge in [-0.25, -0.2) is 9.78 Å². The minimum atomic E-state index is -4.43. The number of nitrogens with one attached hydrogen (secondary N) is 1. The Morgan fingerprint density at radius 2 is 2.17 bits per heavy atom. The van der Waals surface area contributed by atoms with Gasteiger partial charge in [0.1, 0.15) is 6.10 Å². The topological polar surface area (TPSA) is 54.5 Å². The van der Waals surface area contributed by atoms with Crippen LogP contribution in [-0.4, -0.2) is 41.2 Å². The van der Waals surface area contributed by atoms with Gasteiger partial charge in [0.05, 0.1) is 12.1 Å². The number of aromatic nitrogens is 1. The lowest BCUT2D eigenvalue weighted by Crippen LogP contribution is -2.44. The van der Waals surface area contributed by atoms with Crippen LogP contribution in [0.4, 0.5) is 18.0 Å². The molecule has 0 aromatic carbocycles. The quantitative estimate of drug-likeness (QED) is 0.889. The first-order valence-corrected chi connectivity index (χ1v) is 8.08. The summed E-state index contributed by atoms with van der Waals surface area (Å²) in [6, 6.07) is 1.75. The molecule has 0 spiro atoms. The predicted octanol–water partition coefficient (Wildman–Crippen LogP) is 3.45. The first-order valence-electron chi connectivity index (χ1n) is 8.08. The van der Waals surface area contributed by atoms with Crippen molar-refractivity contribution < 1.29 is 22.7 Å². The number of rotatable bonds is 5. The number of carbonyl (C=O) groups is 1. The molecule has 2 rings (SSSR count). The van der Waals surface area contributed by atoms with Gasteiger partial charge in [0.25, 0.3) is 0 Å². The van der Waals surface area contributed by atoms with Crippen LogP contribution in [0.15, 0.2) is 18.3 Å². The SMILES string of the molecule is CCC(CC)NC(=O)N1CCC(Oc2cc(C(F)(F)F)ccn2)C1. The summed E-state index contributed by atoms with van der Waals surface area (Å²) in [4.78, 5) is 17.6. The van der Waals surface area contributed by atoms with E-state index < -0.39 is 11.7 Å². The van der Waals surface area contributed by atoms with E-state index in [4.69, 9.17) is 4.74 Å². The Morgan fingerprint density at radius 1 is 1.46 bits per heavy atom. The number of likely N-dealkylation sites (tertiary alicyclic amines) is 1. The molecule has 1 saturated heterocycles. The Morgan fingerprint density at radius 3 is 2.79 bits per heavy atom. The van der Waals surface area contributed by atoms with E-state index in [-0.39, 0.29) is 24.1 Å². The third kappa shape index (κ3) is 4.75. The van der Waals surface area contributed by atoms with Gasteiger partial charge in [0, 0.05) is 31.3 Å². The lowest BCUT2D eigenvalue weighted by atomic mass is 10.2. The lowest BCUT2D eigenvalue weighted by Gasteiger charge is -2.21. The molecule has 1 aliphatic rings. The lowest BCUT2D eigenvalue weighted by molar-refractivity contribution is -0.137. The van der Waals surface area contributed by atoms with Crippen LogP contribution in [-0.2, 0) is 6.18 Å². The number of halogens is 3. The number of pyridine rings is 1. The second-order valence-corrected chi connectivity index (χ2v) is 5.82. The number of nitrogens with zero attached hydrogens (tertiary/aromatic N) is 2. The first-order chi connectivity index (χ1) is 11.3. The van der Waals surface area contributed by atoms with E-state index in [1.165, 1.54) is 0 Å². The minimum Gasteiger partial charge on any atom is -0.472 e. The third-order valence-corrected chi connectivity index (χ3v) is 4.10. The van der Waals surface area contributed by atoms with Crippen LogP contribution >= 0.6 is 0 Å². The zero-order chi connectivity index (χ0) is 17.7. The first kappa shape index (κ1) is 18.4. The number of amides is 2. The molecule has 1 aromatic rings. The van der Waals surface area contributed by atoms with Crippen molar-refractivity contribution >= 4 is 6.03 Å². The van der Waals surface area contributed by atoms with Crippen LogP contribution in [0.3, 0.4) is 0 Å². The van der Waals surface area contributed by atoms with Gasteiger partial charge in [0.15, 0.2) is 0 Å². The Labute approximate surface area is 139 Å². The molecule has 0 aliphatic carbocycles. The maximum absolute atomic E-state index is 12.7. The van der Waals surface area contributed by atoms with Crippen molar-refractivity contribution in [3.8, 4) is 5.88 Å². The molecule has 8 heteroatoms. The number of hydrogen-bond acceptors (Lipinski definition) is 3. The zero-order valence-corrected chi connectivity index (χ0v) is 13.8. The van der Waals surface area contributed by atoms with Crippen LogP contribution in [0.2, 0.25) is 0 Å². The molecule has 0 radical (unpaired) electrons. The molecule has 0 saturated carbocycles. The van der Waals surface area contributed by atoms with Crippen molar-refractivity contribution in [1.29, 1.82) is 0 Å². The Kier molecular flexibility index (Phi) is 5.90. The fourth-order valence-electron chi connectivity index (χ4n) is 2.59. The molecule has 0 bridgehead atoms. The van der Waals surface area contributed by atoms with E-state index in [0.717, 1.165) is 31.2 Å². The normalized spacial score (nSPS) is 18.1. The van der Waals surface area contributed by atoms with Crippen LogP contribution in [0.5, 0.6) is 5.88 Å². The maximum atomic E-state index is 12.7. The average Bonchev–Trinajstić information content (AvgIpc) is 3.00. The fourth-order valence-corrected chi connectivity index (χ4v) is 2.59. The van der Waals surface area contributed by atoms with Crippen molar-refractivity contribution in [2.45, 2.75) is 51.4 Å². The Hall–Kier alpha value is -1.99. The molecular weight excluding hydrogens is 323 g/mol. The second kappa shape index (κ2) is 7.72. The summed E-state index contributed by atoms with van der Waals surface area (Å²) in [5.41, 5.74) is -0.797. The smallest absolute Gasteiger partial charge is 0.416 e. The van der Waals surface area contributed by atoms with Gasteiger partial charge in [0.2, 0.25) is 5.88 Å². The molecule has 1 unspecified atom stereocenters.